The predicted octanol–water partition coefficient (Wildman–Crippen LogP) is 6.28. The largest absolute Gasteiger partial charge is 0.0622 e. The molecule has 0 unspecified atom stereocenters. The van der Waals surface area contributed by atoms with Gasteiger partial charge in [0, 0.05) is 5.41 Å². The molecule has 114 valence electrons. The summed E-state index contributed by atoms with van der Waals surface area (Å²) in [4.78, 5) is 0. The maximum atomic E-state index is 2.39. The molecule has 0 heteroatoms. The summed E-state index contributed by atoms with van der Waals surface area (Å²) in [7, 11) is 0. The van der Waals surface area contributed by atoms with Crippen molar-refractivity contribution in [2.24, 2.45) is 0 Å². The third kappa shape index (κ3) is 1.98. The topological polar surface area (TPSA) is 0 Å². The molecular formula is C23H22. The maximum Gasteiger partial charge on any atom is 0.0161 e. The van der Waals surface area contributed by atoms with Crippen LogP contribution in [0.3, 0.4) is 0 Å². The van der Waals surface area contributed by atoms with Crippen molar-refractivity contribution in [2.75, 3.05) is 0 Å². The minimum atomic E-state index is 0.0611. The molecule has 23 heavy (non-hydrogen) atoms. The highest BCUT2D eigenvalue weighted by atomic mass is 14.4. The molecule has 0 amide bonds. The van der Waals surface area contributed by atoms with Gasteiger partial charge in [0.15, 0.2) is 0 Å². The third-order valence-corrected chi connectivity index (χ3v) is 5.45. The van der Waals surface area contributed by atoms with Gasteiger partial charge in [-0.15, -0.1) is 0 Å². The van der Waals surface area contributed by atoms with Gasteiger partial charge in [-0.25, -0.2) is 0 Å². The Balaban J connectivity index is 1.96. The number of aryl methyl sites for hydroxylation is 1. The summed E-state index contributed by atoms with van der Waals surface area (Å²) in [6.45, 7) is 9.20. The molecular weight excluding hydrogens is 276 g/mol. The molecule has 0 saturated carbocycles. The molecule has 1 aliphatic carbocycles. The van der Waals surface area contributed by atoms with Gasteiger partial charge in [0.2, 0.25) is 0 Å². The second-order valence-corrected chi connectivity index (χ2v) is 7.18. The first kappa shape index (κ1) is 14.3. The zero-order valence-electron chi connectivity index (χ0n) is 14.3. The van der Waals surface area contributed by atoms with Crippen LogP contribution >= 0.6 is 0 Å². The zero-order valence-corrected chi connectivity index (χ0v) is 14.3. The second kappa shape index (κ2) is 4.83. The number of hydrogen-bond donors (Lipinski definition) is 0. The van der Waals surface area contributed by atoms with Gasteiger partial charge in [0.05, 0.1) is 0 Å². The first-order valence-corrected chi connectivity index (χ1v) is 8.31. The van der Waals surface area contributed by atoms with Crippen LogP contribution in [0.5, 0.6) is 0 Å². The number of hydrogen-bond acceptors (Lipinski definition) is 0. The van der Waals surface area contributed by atoms with Gasteiger partial charge >= 0.3 is 0 Å². The highest BCUT2D eigenvalue weighted by Gasteiger charge is 2.37. The summed E-state index contributed by atoms with van der Waals surface area (Å²) in [6.07, 6.45) is 0. The molecule has 0 fully saturated rings. The SMILES string of the molecule is Cc1ccc2c(c1C)C(C)(C)c1cc(-c3ccccc3)ccc1-2. The van der Waals surface area contributed by atoms with E-state index in [4.69, 9.17) is 0 Å². The van der Waals surface area contributed by atoms with Crippen LogP contribution < -0.4 is 0 Å². The lowest BCUT2D eigenvalue weighted by Crippen LogP contribution is -2.17. The smallest absolute Gasteiger partial charge is 0.0161 e. The van der Waals surface area contributed by atoms with Gasteiger partial charge in [-0.3, -0.25) is 0 Å². The normalized spacial score (nSPS) is 14.4. The molecule has 0 radical (unpaired) electrons. The first-order chi connectivity index (χ1) is 11.0. The van der Waals surface area contributed by atoms with Crippen LogP contribution in [0.15, 0.2) is 60.7 Å². The standard InChI is InChI=1S/C23H22/c1-15-10-12-20-19-13-11-18(17-8-6-5-7-9-17)14-21(19)23(3,4)22(20)16(15)2/h5-14H,1-4H3. The van der Waals surface area contributed by atoms with E-state index in [0.29, 0.717) is 0 Å². The quantitative estimate of drug-likeness (QED) is 0.496. The van der Waals surface area contributed by atoms with E-state index >= 15 is 0 Å². The molecule has 1 aliphatic rings. The molecule has 0 spiro atoms. The molecule has 0 bridgehead atoms. The van der Waals surface area contributed by atoms with Crippen molar-refractivity contribution in [3.8, 4) is 22.3 Å². The molecule has 0 saturated heterocycles. The lowest BCUT2D eigenvalue weighted by molar-refractivity contribution is 0.655. The minimum Gasteiger partial charge on any atom is -0.0622 e. The lowest BCUT2D eigenvalue weighted by Gasteiger charge is -2.24. The fourth-order valence-electron chi connectivity index (χ4n) is 4.09. The van der Waals surface area contributed by atoms with Crippen LogP contribution in [-0.4, -0.2) is 0 Å². The van der Waals surface area contributed by atoms with Gasteiger partial charge in [0.25, 0.3) is 0 Å². The van der Waals surface area contributed by atoms with E-state index in [2.05, 4.69) is 88.4 Å². The highest BCUT2D eigenvalue weighted by Crippen LogP contribution is 2.51. The van der Waals surface area contributed by atoms with Gasteiger partial charge in [-0.05, 0) is 64.4 Å². The van der Waals surface area contributed by atoms with Gasteiger partial charge in [-0.1, -0.05) is 68.4 Å². The van der Waals surface area contributed by atoms with Crippen LogP contribution in [0.25, 0.3) is 22.3 Å². The molecule has 3 aromatic rings. The third-order valence-electron chi connectivity index (χ3n) is 5.45. The van der Waals surface area contributed by atoms with Crippen molar-refractivity contribution in [3.63, 3.8) is 0 Å². The monoisotopic (exact) mass is 298 g/mol. The zero-order chi connectivity index (χ0) is 16.2. The second-order valence-electron chi connectivity index (χ2n) is 7.18. The van der Waals surface area contributed by atoms with Crippen molar-refractivity contribution < 1.29 is 0 Å². The Morgan fingerprint density at radius 2 is 1.39 bits per heavy atom. The summed E-state index contributed by atoms with van der Waals surface area (Å²) in [5, 5.41) is 0. The molecule has 4 rings (SSSR count). The van der Waals surface area contributed by atoms with Crippen molar-refractivity contribution in [1.29, 1.82) is 0 Å². The summed E-state index contributed by atoms with van der Waals surface area (Å²) in [5.74, 6) is 0. The molecule has 0 aromatic heterocycles. The fourth-order valence-corrected chi connectivity index (χ4v) is 4.09. The molecule has 0 heterocycles. The Hall–Kier alpha value is -2.34. The summed E-state index contributed by atoms with van der Waals surface area (Å²) in [5.41, 5.74) is 11.2. The Morgan fingerprint density at radius 1 is 0.696 bits per heavy atom. The average Bonchev–Trinajstić information content (AvgIpc) is 2.79. The summed E-state index contributed by atoms with van der Waals surface area (Å²) >= 11 is 0. The Bertz CT molecular complexity index is 899. The van der Waals surface area contributed by atoms with Gasteiger partial charge in [0.1, 0.15) is 0 Å². The number of rotatable bonds is 1. The van der Waals surface area contributed by atoms with E-state index < -0.39 is 0 Å². The molecule has 0 atom stereocenters. The fraction of sp³-hybridized carbons (Fsp3) is 0.217. The van der Waals surface area contributed by atoms with Crippen LogP contribution in [-0.2, 0) is 5.41 Å². The number of benzene rings is 3. The van der Waals surface area contributed by atoms with Crippen molar-refractivity contribution in [3.05, 3.63) is 82.9 Å². The van der Waals surface area contributed by atoms with E-state index in [1.807, 2.05) is 0 Å². The maximum absolute atomic E-state index is 2.39. The minimum absolute atomic E-state index is 0.0611. The average molecular weight is 298 g/mol. The van der Waals surface area contributed by atoms with Crippen molar-refractivity contribution in [2.45, 2.75) is 33.1 Å². The van der Waals surface area contributed by atoms with E-state index in [1.54, 1.807) is 0 Å². The van der Waals surface area contributed by atoms with E-state index in [1.165, 1.54) is 44.5 Å². The van der Waals surface area contributed by atoms with E-state index in [0.717, 1.165) is 0 Å². The highest BCUT2D eigenvalue weighted by molar-refractivity contribution is 5.84. The predicted molar refractivity (Wildman–Crippen MR) is 98.9 cm³/mol. The van der Waals surface area contributed by atoms with Gasteiger partial charge in [-0.2, -0.15) is 0 Å². The summed E-state index contributed by atoms with van der Waals surface area (Å²) in [6, 6.07) is 22.2. The van der Waals surface area contributed by atoms with Crippen LogP contribution in [0.1, 0.15) is 36.1 Å². The van der Waals surface area contributed by atoms with Gasteiger partial charge < -0.3 is 0 Å². The Labute approximate surface area is 138 Å². The Kier molecular flexibility index (Phi) is 2.99. The van der Waals surface area contributed by atoms with Crippen LogP contribution in [0.2, 0.25) is 0 Å². The van der Waals surface area contributed by atoms with Crippen LogP contribution in [0, 0.1) is 13.8 Å². The Morgan fingerprint density at radius 3 is 2.13 bits per heavy atom. The molecule has 0 N–H and O–H groups in total. The number of fused-ring (bicyclic) bond motifs is 3. The first-order valence-electron chi connectivity index (χ1n) is 8.31. The van der Waals surface area contributed by atoms with E-state index in [9.17, 15) is 0 Å². The van der Waals surface area contributed by atoms with E-state index in [-0.39, 0.29) is 5.41 Å². The molecule has 0 aliphatic heterocycles. The summed E-state index contributed by atoms with van der Waals surface area (Å²) < 4.78 is 0. The van der Waals surface area contributed by atoms with Crippen LogP contribution in [0.4, 0.5) is 0 Å². The van der Waals surface area contributed by atoms with Crippen molar-refractivity contribution >= 4 is 0 Å². The molecule has 0 nitrogen and oxygen atoms in total. The van der Waals surface area contributed by atoms with Crippen molar-refractivity contribution in [1.82, 2.24) is 0 Å². The lowest BCUT2D eigenvalue weighted by atomic mass is 9.79. The molecule has 3 aromatic carbocycles.